The van der Waals surface area contributed by atoms with Gasteiger partial charge in [-0.1, -0.05) is 6.92 Å². The zero-order valence-corrected chi connectivity index (χ0v) is 13.0. The second-order valence-electron chi connectivity index (χ2n) is 5.04. The van der Waals surface area contributed by atoms with Gasteiger partial charge in [-0.3, -0.25) is 10.1 Å². The number of aromatic nitrogens is 3. The topological polar surface area (TPSA) is 71.8 Å². The highest BCUT2D eigenvalue weighted by atomic mass is 32.2. The Hall–Kier alpha value is -1.08. The number of carbonyl (C=O) groups excluding carboxylic acids is 1. The number of aryl methyl sites for hydroxylation is 1. The minimum Gasteiger partial charge on any atom is -0.317 e. The van der Waals surface area contributed by atoms with Crippen molar-refractivity contribution in [3.63, 3.8) is 0 Å². The summed E-state index contributed by atoms with van der Waals surface area (Å²) in [6.45, 7) is 4.13. The molecule has 0 aromatic carbocycles. The smallest absolute Gasteiger partial charge is 0.236 e. The fourth-order valence-electron chi connectivity index (χ4n) is 2.24. The number of carbonyl (C=O) groups is 1. The Morgan fingerprint density at radius 1 is 1.50 bits per heavy atom. The van der Waals surface area contributed by atoms with Crippen molar-refractivity contribution in [3.05, 3.63) is 5.82 Å². The van der Waals surface area contributed by atoms with Crippen LogP contribution in [0.4, 0.5) is 5.95 Å². The summed E-state index contributed by atoms with van der Waals surface area (Å²) < 4.78 is 1.67. The summed E-state index contributed by atoms with van der Waals surface area (Å²) in [5.41, 5.74) is 0. The van der Waals surface area contributed by atoms with Crippen LogP contribution in [-0.4, -0.2) is 45.3 Å². The first kappa shape index (κ1) is 15.3. The molecule has 2 rings (SSSR count). The van der Waals surface area contributed by atoms with Gasteiger partial charge in [-0.15, -0.1) is 0 Å². The molecule has 2 heterocycles. The molecular formula is C13H23N5OS. The highest BCUT2D eigenvalue weighted by Gasteiger charge is 2.21. The maximum Gasteiger partial charge on any atom is 0.236 e. The number of nitrogens with zero attached hydrogens (tertiary/aromatic N) is 3. The van der Waals surface area contributed by atoms with Gasteiger partial charge in [0.2, 0.25) is 11.9 Å². The molecule has 0 atom stereocenters. The Bertz CT molecular complexity index is 442. The van der Waals surface area contributed by atoms with Crippen LogP contribution in [0.1, 0.15) is 37.9 Å². The SMILES string of the molecule is CCCSCC(=O)Nc1nc(C2CCNCC2)nn1C. The first-order chi connectivity index (χ1) is 9.70. The van der Waals surface area contributed by atoms with Crippen molar-refractivity contribution in [2.45, 2.75) is 32.1 Å². The van der Waals surface area contributed by atoms with Gasteiger partial charge >= 0.3 is 0 Å². The summed E-state index contributed by atoms with van der Waals surface area (Å²) in [5.74, 6) is 3.29. The van der Waals surface area contributed by atoms with Crippen LogP contribution in [-0.2, 0) is 11.8 Å². The molecule has 1 aliphatic heterocycles. The number of anilines is 1. The van der Waals surface area contributed by atoms with Gasteiger partial charge in [-0.05, 0) is 38.1 Å². The maximum absolute atomic E-state index is 11.8. The lowest BCUT2D eigenvalue weighted by Gasteiger charge is -2.19. The number of thioether (sulfide) groups is 1. The number of nitrogens with one attached hydrogen (secondary N) is 2. The third-order valence-corrected chi connectivity index (χ3v) is 4.48. The predicted molar refractivity (Wildman–Crippen MR) is 82.1 cm³/mol. The summed E-state index contributed by atoms with van der Waals surface area (Å²) in [6.07, 6.45) is 3.20. The van der Waals surface area contributed by atoms with Crippen LogP contribution in [0.3, 0.4) is 0 Å². The van der Waals surface area contributed by atoms with Gasteiger partial charge in [0, 0.05) is 13.0 Å². The van der Waals surface area contributed by atoms with E-state index in [1.165, 1.54) is 0 Å². The average Bonchev–Trinajstić information content (AvgIpc) is 2.81. The van der Waals surface area contributed by atoms with Crippen LogP contribution in [0.5, 0.6) is 0 Å². The summed E-state index contributed by atoms with van der Waals surface area (Å²) >= 11 is 1.64. The van der Waals surface area contributed by atoms with Crippen molar-refractivity contribution in [2.24, 2.45) is 7.05 Å². The van der Waals surface area contributed by atoms with Crippen molar-refractivity contribution in [3.8, 4) is 0 Å². The van der Waals surface area contributed by atoms with Crippen molar-refractivity contribution in [1.29, 1.82) is 0 Å². The number of rotatable bonds is 6. The van der Waals surface area contributed by atoms with Gasteiger partial charge in [-0.25, -0.2) is 4.68 Å². The number of amides is 1. The zero-order valence-electron chi connectivity index (χ0n) is 12.2. The standard InChI is InChI=1S/C13H23N5OS/c1-3-8-20-9-11(19)15-13-16-12(17-18(13)2)10-4-6-14-7-5-10/h10,14H,3-9H2,1-2H3,(H,15,16,17,19). The molecule has 20 heavy (non-hydrogen) atoms. The van der Waals surface area contributed by atoms with Gasteiger partial charge in [0.15, 0.2) is 5.82 Å². The molecule has 1 fully saturated rings. The molecule has 1 amide bonds. The van der Waals surface area contributed by atoms with E-state index in [1.807, 2.05) is 7.05 Å². The van der Waals surface area contributed by atoms with Crippen LogP contribution >= 0.6 is 11.8 Å². The van der Waals surface area contributed by atoms with E-state index in [0.29, 0.717) is 17.6 Å². The van der Waals surface area contributed by atoms with Crippen LogP contribution < -0.4 is 10.6 Å². The monoisotopic (exact) mass is 297 g/mol. The minimum absolute atomic E-state index is 0.00388. The fraction of sp³-hybridized carbons (Fsp3) is 0.769. The van der Waals surface area contributed by atoms with E-state index >= 15 is 0 Å². The zero-order chi connectivity index (χ0) is 14.4. The van der Waals surface area contributed by atoms with Crippen LogP contribution in [0.2, 0.25) is 0 Å². The van der Waals surface area contributed by atoms with E-state index in [4.69, 9.17) is 0 Å². The highest BCUT2D eigenvalue weighted by Crippen LogP contribution is 2.23. The molecule has 6 nitrogen and oxygen atoms in total. The largest absolute Gasteiger partial charge is 0.317 e. The Morgan fingerprint density at radius 3 is 2.95 bits per heavy atom. The van der Waals surface area contributed by atoms with Gasteiger partial charge in [0.25, 0.3) is 0 Å². The van der Waals surface area contributed by atoms with Crippen molar-refractivity contribution < 1.29 is 4.79 Å². The van der Waals surface area contributed by atoms with E-state index in [-0.39, 0.29) is 5.91 Å². The average molecular weight is 297 g/mol. The normalized spacial score (nSPS) is 16.3. The van der Waals surface area contributed by atoms with Crippen molar-refractivity contribution in [1.82, 2.24) is 20.1 Å². The molecule has 1 aliphatic rings. The van der Waals surface area contributed by atoms with Crippen molar-refractivity contribution in [2.75, 3.05) is 29.9 Å². The van der Waals surface area contributed by atoms with E-state index in [1.54, 1.807) is 16.4 Å². The number of piperidine rings is 1. The van der Waals surface area contributed by atoms with Gasteiger partial charge in [-0.2, -0.15) is 21.8 Å². The summed E-state index contributed by atoms with van der Waals surface area (Å²) in [6, 6.07) is 0. The second-order valence-corrected chi connectivity index (χ2v) is 6.15. The van der Waals surface area contributed by atoms with E-state index in [9.17, 15) is 4.79 Å². The second kappa shape index (κ2) is 7.64. The first-order valence-electron chi connectivity index (χ1n) is 7.20. The third-order valence-electron chi connectivity index (χ3n) is 3.32. The molecule has 0 saturated carbocycles. The van der Waals surface area contributed by atoms with Crippen LogP contribution in [0.25, 0.3) is 0 Å². The van der Waals surface area contributed by atoms with E-state index in [2.05, 4.69) is 27.6 Å². The molecule has 2 N–H and O–H groups in total. The van der Waals surface area contributed by atoms with Gasteiger partial charge in [0.1, 0.15) is 0 Å². The Kier molecular flexibility index (Phi) is 5.85. The van der Waals surface area contributed by atoms with Crippen LogP contribution in [0, 0.1) is 0 Å². The predicted octanol–water partition coefficient (Wildman–Crippen LogP) is 1.36. The number of hydrogen-bond acceptors (Lipinski definition) is 5. The molecule has 1 aromatic rings. The summed E-state index contributed by atoms with van der Waals surface area (Å²) in [4.78, 5) is 16.3. The molecule has 0 unspecified atom stereocenters. The highest BCUT2D eigenvalue weighted by molar-refractivity contribution is 7.99. The van der Waals surface area contributed by atoms with Gasteiger partial charge < -0.3 is 5.32 Å². The first-order valence-corrected chi connectivity index (χ1v) is 8.35. The molecule has 0 bridgehead atoms. The summed E-state index contributed by atoms with van der Waals surface area (Å²) in [7, 11) is 1.83. The lowest BCUT2D eigenvalue weighted by Crippen LogP contribution is -2.27. The minimum atomic E-state index is -0.00388. The molecule has 1 saturated heterocycles. The molecule has 0 aliphatic carbocycles. The molecule has 0 spiro atoms. The van der Waals surface area contributed by atoms with Gasteiger partial charge in [0.05, 0.1) is 5.75 Å². The lowest BCUT2D eigenvalue weighted by atomic mass is 9.98. The van der Waals surface area contributed by atoms with Crippen molar-refractivity contribution >= 4 is 23.6 Å². The molecule has 7 heteroatoms. The quantitative estimate of drug-likeness (QED) is 0.776. The Labute approximate surface area is 124 Å². The van der Waals surface area contributed by atoms with E-state index < -0.39 is 0 Å². The maximum atomic E-state index is 11.8. The van der Waals surface area contributed by atoms with E-state index in [0.717, 1.165) is 43.9 Å². The summed E-state index contributed by atoms with van der Waals surface area (Å²) in [5, 5.41) is 10.6. The molecule has 112 valence electrons. The number of hydrogen-bond donors (Lipinski definition) is 2. The lowest BCUT2D eigenvalue weighted by molar-refractivity contribution is -0.113. The Balaban J connectivity index is 1.91. The third kappa shape index (κ3) is 4.21. The Morgan fingerprint density at radius 2 is 2.25 bits per heavy atom. The molecule has 0 radical (unpaired) electrons. The fourth-order valence-corrected chi connectivity index (χ4v) is 2.93. The molecular weight excluding hydrogens is 274 g/mol. The molecule has 1 aromatic heterocycles. The van der Waals surface area contributed by atoms with Crippen LogP contribution in [0.15, 0.2) is 0 Å².